The number of rotatable bonds is 37. The van der Waals surface area contributed by atoms with E-state index >= 15 is 24.0 Å². The Morgan fingerprint density at radius 2 is 1.20 bits per heavy atom. The van der Waals surface area contributed by atoms with E-state index in [-0.39, 0.29) is 64.1 Å². The number of benzene rings is 5. The van der Waals surface area contributed by atoms with Crippen LogP contribution in [-0.2, 0) is 59.1 Å². The first-order chi connectivity index (χ1) is 60.2. The second-order valence-corrected chi connectivity index (χ2v) is 34.6. The molecule has 0 spiro atoms. The molecule has 126 heavy (non-hydrogen) atoms. The lowest BCUT2D eigenvalue weighted by molar-refractivity contribution is -0.331. The number of aromatic hydroxyl groups is 3. The van der Waals surface area contributed by atoms with Crippen LogP contribution in [0.25, 0.3) is 11.1 Å². The summed E-state index contributed by atoms with van der Waals surface area (Å²) in [7, 11) is 1.49. The highest BCUT2D eigenvalue weighted by Gasteiger charge is 2.52. The van der Waals surface area contributed by atoms with Gasteiger partial charge in [-0.05, 0) is 136 Å². The molecule has 37 heteroatoms. The minimum atomic E-state index is -2.34. The van der Waals surface area contributed by atoms with Crippen LogP contribution in [0.4, 0.5) is 0 Å². The molecule has 692 valence electrons. The van der Waals surface area contributed by atoms with Gasteiger partial charge in [0.15, 0.2) is 29.9 Å². The molecule has 5 aromatic rings. The van der Waals surface area contributed by atoms with Gasteiger partial charge in [0.1, 0.15) is 89.5 Å². The number of nitrogens with two attached hydrogens (primary N) is 2. The maximum absolute atomic E-state index is 16.5. The van der Waals surface area contributed by atoms with Crippen LogP contribution in [-0.4, -0.2) is 212 Å². The molecular weight excluding hydrogens is 1680 g/mol. The number of carboxylic acid groups (broad SMARTS) is 1. The molecule has 7 aliphatic heterocycles. The molecule has 2 fully saturated rings. The highest BCUT2D eigenvalue weighted by Crippen LogP contribution is 2.51. The zero-order valence-electron chi connectivity index (χ0n) is 72.1. The summed E-state index contributed by atoms with van der Waals surface area (Å²) in [6.45, 7) is 12.8. The first-order valence-corrected chi connectivity index (χ1v) is 44.4. The Balaban J connectivity index is 1.15. The van der Waals surface area contributed by atoms with Crippen molar-refractivity contribution in [1.82, 2.24) is 53.2 Å². The van der Waals surface area contributed by atoms with Gasteiger partial charge >= 0.3 is 5.97 Å². The number of ether oxygens (including phenoxy) is 6. The van der Waals surface area contributed by atoms with Crippen LogP contribution in [0.5, 0.6) is 46.0 Å². The molecule has 7 heterocycles. The summed E-state index contributed by atoms with van der Waals surface area (Å²) >= 11 is 14.5. The molecule has 5 aromatic carbocycles. The summed E-state index contributed by atoms with van der Waals surface area (Å²) in [5.74, 6) is -15.4. The zero-order chi connectivity index (χ0) is 91.4. The first-order valence-electron chi connectivity index (χ1n) is 43.6. The van der Waals surface area contributed by atoms with E-state index in [0.717, 1.165) is 113 Å². The molecule has 0 saturated carbocycles. The van der Waals surface area contributed by atoms with Gasteiger partial charge in [0.25, 0.3) is 0 Å². The van der Waals surface area contributed by atoms with Crippen LogP contribution in [0.15, 0.2) is 72.8 Å². The number of carbonyl (C=O) groups is 8. The number of carbonyl (C=O) groups excluding carboxylic acids is 7. The summed E-state index contributed by atoms with van der Waals surface area (Å²) < 4.78 is 40.0. The van der Waals surface area contributed by atoms with Crippen molar-refractivity contribution in [2.45, 2.75) is 279 Å². The number of hydrogen-bond acceptors (Lipinski definition) is 27. The number of halogens is 2. The second-order valence-electron chi connectivity index (χ2n) is 33.7. The van der Waals surface area contributed by atoms with Gasteiger partial charge in [0, 0.05) is 54.8 Å². The molecule has 23 N–H and O–H groups in total. The van der Waals surface area contributed by atoms with E-state index in [4.69, 9.17) is 63.1 Å². The van der Waals surface area contributed by atoms with Crippen LogP contribution < -0.4 is 78.8 Å². The maximum atomic E-state index is 16.5. The lowest BCUT2D eigenvalue weighted by Crippen LogP contribution is -2.66. The molecule has 0 aliphatic carbocycles. The van der Waals surface area contributed by atoms with E-state index in [1.165, 1.54) is 69.5 Å². The minimum absolute atomic E-state index is 0.0839. The third-order valence-corrected chi connectivity index (χ3v) is 24.2. The lowest BCUT2D eigenvalue weighted by Gasteiger charge is -2.48. The molecule has 0 unspecified atom stereocenters. The molecule has 0 aromatic heterocycles. The Hall–Kier alpha value is -9.28. The van der Waals surface area contributed by atoms with Crippen LogP contribution in [0.1, 0.15) is 227 Å². The monoisotopic (exact) mass is 1800 g/mol. The number of nitrogens with one attached hydrogen (secondary N) is 10. The number of fused-ring (bicyclic) bond motifs is 15. The number of phenolic OH excluding ortho intramolecular Hbond substituents is 3. The largest absolute Gasteiger partial charge is 0.507 e. The molecule has 7 aliphatic rings. The third-order valence-electron chi connectivity index (χ3n) is 23.6. The first kappa shape index (κ1) is 98.9. The van der Waals surface area contributed by atoms with E-state index in [0.29, 0.717) is 26.1 Å². The molecule has 0 radical (unpaired) electrons. The van der Waals surface area contributed by atoms with Gasteiger partial charge in [0.05, 0.1) is 40.3 Å². The summed E-state index contributed by atoms with van der Waals surface area (Å²) in [5.41, 5.74) is 8.18. The molecule has 35 nitrogen and oxygen atoms in total. The molecule has 11 bridgehead atoms. The Bertz CT molecular complexity index is 4610. The number of amides is 7. The van der Waals surface area contributed by atoms with E-state index < -0.39 is 231 Å². The Morgan fingerprint density at radius 3 is 1.78 bits per heavy atom. The standard InChI is InChI=1S/C89H124Cl2N12O23/c1-8-10-12-14-16-18-20-22-30-95-32-33-97-89(6)42-66(121-46(5)80(89)112)125-79-77(111)76(110)64(43-92)124-88(79)126-78-62-38-50-39-63(78)123-61-29-26-49(37-55(61)91)74(108)72-86(118)101-70(87(119)120)52-40-59(105)53(44-96-31-23-21-19-17-15-13-11-9-2)75(109)67(52)51-35-47(24-27-58(51)104)68(83(115)103-72)100-84(116)69(50)99-82(114)57(41-65(93)106)98-85(117)71(102-81(113)56(94-7)34-45(3)4)73(107)48-25-28-60(122-62)54(90)36-48/h24-29,35-40,45-46,56-57,64,66,68-74,76-77,79-80,88,94-97,104-105,107-112H,8-23,30-34,41-44,92H2,1-7H3,(H2,93,106)(H,98,117)(H,99,114)(H,100,116)(H,101,118)(H,102,113)(H,103,115)(H,119,120)/t46-,56+,57-,64+,66-,68+,69+,70-,71+,72-,73+,74+,76+,77-,79+,80+,88-,89-/m0/s1. The number of hydrogen-bond donors (Lipinski definition) is 21. The quantitative estimate of drug-likeness (QED) is 0.0185. The average Bonchev–Trinajstić information content (AvgIpc) is 0.796. The van der Waals surface area contributed by atoms with Gasteiger partial charge in [-0.15, -0.1) is 0 Å². The smallest absolute Gasteiger partial charge is 0.330 e. The van der Waals surface area contributed by atoms with Crippen molar-refractivity contribution in [3.63, 3.8) is 0 Å². The van der Waals surface area contributed by atoms with Crippen LogP contribution >= 0.6 is 23.2 Å². The lowest BCUT2D eigenvalue weighted by atomic mass is 9.85. The molecule has 12 rings (SSSR count). The second kappa shape index (κ2) is 46.1. The molecule has 18 atom stereocenters. The van der Waals surface area contributed by atoms with Crippen molar-refractivity contribution in [3.8, 4) is 57.1 Å². The highest BCUT2D eigenvalue weighted by atomic mass is 35.5. The fraction of sp³-hybridized carbons (Fsp3) is 0.573. The predicted octanol–water partition coefficient (Wildman–Crippen LogP) is 6.66. The van der Waals surface area contributed by atoms with Crippen molar-refractivity contribution in [1.29, 1.82) is 0 Å². The highest BCUT2D eigenvalue weighted by molar-refractivity contribution is 6.32. The number of unbranched alkanes of at least 4 members (excludes halogenated alkanes) is 14. The molecular formula is C89H124Cl2N12O23. The number of aliphatic hydroxyl groups excluding tert-OH is 5. The van der Waals surface area contributed by atoms with Crippen molar-refractivity contribution >= 4 is 70.5 Å². The Morgan fingerprint density at radius 1 is 0.627 bits per heavy atom. The predicted molar refractivity (Wildman–Crippen MR) is 465 cm³/mol. The maximum Gasteiger partial charge on any atom is 0.330 e. The van der Waals surface area contributed by atoms with Gasteiger partial charge in [0.2, 0.25) is 53.4 Å². The van der Waals surface area contributed by atoms with E-state index in [2.05, 4.69) is 67.0 Å². The fourth-order valence-corrected chi connectivity index (χ4v) is 16.9. The van der Waals surface area contributed by atoms with Gasteiger partial charge in [-0.1, -0.05) is 159 Å². The number of phenols is 3. The average molecular weight is 1800 g/mol. The zero-order valence-corrected chi connectivity index (χ0v) is 73.7. The van der Waals surface area contributed by atoms with E-state index in [9.17, 15) is 60.3 Å². The SMILES string of the molecule is CCCCCCCCCCNCCN[C@@]1(C)C[C@H](O[C@H]2[C@H](Oc3c4cc5cc3Oc3ccc(cc3Cl)[C@@H](O)[C@@H](NC(=O)[C@@H](CC(C)C)NC)C(=O)N[C@@H](CC(N)=O)C(=O)N[C@H]5C(=O)N[C@H]3C(=O)N[C@H](C(=O)N[C@H](C(=O)O)c5cc(O)c(CNCCCCCCCCCC)c(O)c5-c5cc3ccc5O)[C@H](O)c3ccc(c(Cl)c3)O4)O[C@H](CN)[C@@H](O)[C@@H]2O)O[C@@H](C)[C@H]1O. The number of primary amides is 1. The summed E-state index contributed by atoms with van der Waals surface area (Å²) in [4.78, 5) is 120. The molecule has 7 amide bonds. The van der Waals surface area contributed by atoms with Crippen LogP contribution in [0.3, 0.4) is 0 Å². The van der Waals surface area contributed by atoms with Gasteiger partial charge in [-0.2, -0.15) is 0 Å². The normalized spacial score (nSPS) is 26.0. The van der Waals surface area contributed by atoms with Crippen molar-refractivity contribution in [2.24, 2.45) is 17.4 Å². The van der Waals surface area contributed by atoms with Crippen LogP contribution in [0.2, 0.25) is 10.0 Å². The summed E-state index contributed by atoms with van der Waals surface area (Å²) in [6.07, 6.45) is -0.352. The van der Waals surface area contributed by atoms with Crippen molar-refractivity contribution in [2.75, 3.05) is 39.8 Å². The van der Waals surface area contributed by atoms with Gasteiger partial charge < -0.3 is 139 Å². The number of likely N-dealkylation sites (N-methyl/N-ethyl adjacent to an activating group) is 1. The third kappa shape index (κ3) is 25.0. The number of aliphatic carboxylic acids is 1. The summed E-state index contributed by atoms with van der Waals surface area (Å²) in [5, 5.41) is 136. The molecule has 2 saturated heterocycles. The number of aliphatic hydroxyl groups is 5. The van der Waals surface area contributed by atoms with Crippen LogP contribution in [0, 0.1) is 5.92 Å². The topological polar surface area (TPSA) is 546 Å². The summed E-state index contributed by atoms with van der Waals surface area (Å²) in [6, 6.07) is -0.753. The van der Waals surface area contributed by atoms with E-state index in [1.807, 2.05) is 13.8 Å². The number of carboxylic acids is 1. The van der Waals surface area contributed by atoms with Crippen molar-refractivity contribution in [3.05, 3.63) is 116 Å². The fourth-order valence-electron chi connectivity index (χ4n) is 16.5. The minimum Gasteiger partial charge on any atom is -0.507 e. The van der Waals surface area contributed by atoms with E-state index in [1.54, 1.807) is 13.8 Å². The van der Waals surface area contributed by atoms with Gasteiger partial charge in [-0.3, -0.25) is 33.6 Å². The Labute approximate surface area is 742 Å². The van der Waals surface area contributed by atoms with Crippen molar-refractivity contribution < 1.29 is 113 Å². The Kier molecular flexibility index (Phi) is 36.2. The van der Waals surface area contributed by atoms with Gasteiger partial charge in [-0.25, -0.2) is 4.79 Å².